The molecule has 186 valence electrons. The van der Waals surface area contributed by atoms with Gasteiger partial charge < -0.3 is 10.2 Å². The van der Waals surface area contributed by atoms with Crippen LogP contribution < -0.4 is 9.62 Å². The lowest BCUT2D eigenvalue weighted by molar-refractivity contribution is -0.139. The molecule has 0 bridgehead atoms. The highest BCUT2D eigenvalue weighted by Crippen LogP contribution is 2.26. The van der Waals surface area contributed by atoms with Crippen LogP contribution in [-0.4, -0.2) is 50.5 Å². The summed E-state index contributed by atoms with van der Waals surface area (Å²) in [4.78, 5) is 27.7. The zero-order chi connectivity index (χ0) is 25.5. The number of rotatable bonds is 11. The van der Waals surface area contributed by atoms with E-state index in [-0.39, 0.29) is 12.5 Å². The summed E-state index contributed by atoms with van der Waals surface area (Å²) in [7, 11) is -3.82. The average Bonchev–Trinajstić information content (AvgIpc) is 2.77. The fourth-order valence-corrected chi connectivity index (χ4v) is 4.54. The van der Waals surface area contributed by atoms with E-state index in [2.05, 4.69) is 5.32 Å². The lowest BCUT2D eigenvalue weighted by Gasteiger charge is -2.32. The molecule has 0 saturated carbocycles. The van der Waals surface area contributed by atoms with Crippen LogP contribution in [0.2, 0.25) is 10.0 Å². The Morgan fingerprint density at radius 2 is 1.68 bits per heavy atom. The van der Waals surface area contributed by atoms with Gasteiger partial charge in [0.15, 0.2) is 0 Å². The fraction of sp³-hybridized carbons (Fsp3) is 0.417. The second-order valence-corrected chi connectivity index (χ2v) is 10.9. The Balaban J connectivity index is 2.38. The standard InChI is InChI=1S/C24H31Cl2N3O4S/c1-5-6-13-27-24(31)18(3)28(15-19-8-11-20(25)12-9-19)23(30)16-29(34(4,32)33)22-14-21(26)10-7-17(22)2/h7-12,14,18H,5-6,13,15-16H2,1-4H3,(H,27,31). The Bertz CT molecular complexity index is 1110. The number of benzene rings is 2. The van der Waals surface area contributed by atoms with E-state index in [1.54, 1.807) is 50.2 Å². The number of carbonyl (C=O) groups excluding carboxylic acids is 2. The number of carbonyl (C=O) groups is 2. The summed E-state index contributed by atoms with van der Waals surface area (Å²) in [5.74, 6) is -0.821. The normalized spacial score (nSPS) is 12.2. The van der Waals surface area contributed by atoms with Crippen LogP contribution in [0.3, 0.4) is 0 Å². The predicted octanol–water partition coefficient (Wildman–Crippen LogP) is 4.40. The monoisotopic (exact) mass is 527 g/mol. The van der Waals surface area contributed by atoms with Gasteiger partial charge in [0.2, 0.25) is 21.8 Å². The average molecular weight is 529 g/mol. The van der Waals surface area contributed by atoms with Crippen molar-refractivity contribution in [2.24, 2.45) is 0 Å². The predicted molar refractivity (Wildman–Crippen MR) is 138 cm³/mol. The highest BCUT2D eigenvalue weighted by molar-refractivity contribution is 7.92. The Morgan fingerprint density at radius 3 is 2.26 bits per heavy atom. The molecule has 2 rings (SSSR count). The Morgan fingerprint density at radius 1 is 1.06 bits per heavy atom. The minimum Gasteiger partial charge on any atom is -0.354 e. The first-order valence-electron chi connectivity index (χ1n) is 11.0. The highest BCUT2D eigenvalue weighted by atomic mass is 35.5. The van der Waals surface area contributed by atoms with Gasteiger partial charge in [0.25, 0.3) is 0 Å². The molecule has 10 heteroatoms. The first-order valence-corrected chi connectivity index (χ1v) is 13.6. The van der Waals surface area contributed by atoms with E-state index >= 15 is 0 Å². The van der Waals surface area contributed by atoms with Gasteiger partial charge in [-0.2, -0.15) is 0 Å². The molecule has 0 spiro atoms. The second kappa shape index (κ2) is 12.4. The molecule has 2 amide bonds. The third-order valence-corrected chi connectivity index (χ3v) is 7.00. The van der Waals surface area contributed by atoms with Gasteiger partial charge in [0.05, 0.1) is 11.9 Å². The van der Waals surface area contributed by atoms with Crippen LogP contribution in [0.25, 0.3) is 0 Å². The van der Waals surface area contributed by atoms with Gasteiger partial charge in [-0.05, 0) is 55.7 Å². The van der Waals surface area contributed by atoms with Crippen LogP contribution in [0.1, 0.15) is 37.8 Å². The minimum atomic E-state index is -3.82. The van der Waals surface area contributed by atoms with Crippen molar-refractivity contribution in [1.82, 2.24) is 10.2 Å². The molecule has 0 aromatic heterocycles. The Labute approximate surface area is 212 Å². The molecule has 0 radical (unpaired) electrons. The van der Waals surface area contributed by atoms with E-state index in [4.69, 9.17) is 23.2 Å². The van der Waals surface area contributed by atoms with Crippen molar-refractivity contribution in [1.29, 1.82) is 0 Å². The van der Waals surface area contributed by atoms with Crippen molar-refractivity contribution in [2.45, 2.75) is 46.2 Å². The van der Waals surface area contributed by atoms with Crippen LogP contribution in [0, 0.1) is 6.92 Å². The molecular weight excluding hydrogens is 497 g/mol. The molecule has 7 nitrogen and oxygen atoms in total. The smallest absolute Gasteiger partial charge is 0.244 e. The van der Waals surface area contributed by atoms with Crippen molar-refractivity contribution in [3.05, 3.63) is 63.6 Å². The molecule has 0 fully saturated rings. The SMILES string of the molecule is CCCCNC(=O)C(C)N(Cc1ccc(Cl)cc1)C(=O)CN(c1cc(Cl)ccc1C)S(C)(=O)=O. The van der Waals surface area contributed by atoms with Crippen molar-refractivity contribution in [2.75, 3.05) is 23.7 Å². The molecule has 2 aromatic carbocycles. The molecular formula is C24H31Cl2N3O4S. The van der Waals surface area contributed by atoms with Crippen LogP contribution in [0.4, 0.5) is 5.69 Å². The third-order valence-electron chi connectivity index (χ3n) is 5.38. The molecule has 1 unspecified atom stereocenters. The third kappa shape index (κ3) is 7.89. The maximum atomic E-state index is 13.5. The first-order chi connectivity index (χ1) is 15.9. The fourth-order valence-electron chi connectivity index (χ4n) is 3.35. The number of amides is 2. The topological polar surface area (TPSA) is 86.8 Å². The number of hydrogen-bond acceptors (Lipinski definition) is 4. The number of sulfonamides is 1. The van der Waals surface area contributed by atoms with Crippen molar-refractivity contribution in [3.63, 3.8) is 0 Å². The maximum Gasteiger partial charge on any atom is 0.244 e. The summed E-state index contributed by atoms with van der Waals surface area (Å²) in [6, 6.07) is 11.0. The van der Waals surface area contributed by atoms with Gasteiger partial charge in [0, 0.05) is 23.1 Å². The molecule has 1 atom stereocenters. The summed E-state index contributed by atoms with van der Waals surface area (Å²) in [5, 5.41) is 3.74. The van der Waals surface area contributed by atoms with E-state index < -0.39 is 28.5 Å². The van der Waals surface area contributed by atoms with Crippen molar-refractivity contribution >= 4 is 50.7 Å². The van der Waals surface area contributed by atoms with E-state index in [0.717, 1.165) is 29.0 Å². The Hall–Kier alpha value is -2.29. The van der Waals surface area contributed by atoms with Gasteiger partial charge in [-0.25, -0.2) is 8.42 Å². The summed E-state index contributed by atoms with van der Waals surface area (Å²) in [5.41, 5.74) is 1.72. The van der Waals surface area contributed by atoms with Gasteiger partial charge in [0.1, 0.15) is 12.6 Å². The van der Waals surface area contributed by atoms with Gasteiger partial charge >= 0.3 is 0 Å². The molecule has 0 aliphatic carbocycles. The maximum absolute atomic E-state index is 13.5. The summed E-state index contributed by atoms with van der Waals surface area (Å²) < 4.78 is 26.3. The molecule has 0 saturated heterocycles. The molecule has 1 N–H and O–H groups in total. The number of nitrogens with zero attached hydrogens (tertiary/aromatic N) is 2. The summed E-state index contributed by atoms with van der Waals surface area (Å²) in [6.07, 6.45) is 2.77. The van der Waals surface area contributed by atoms with Crippen molar-refractivity contribution in [3.8, 4) is 0 Å². The number of hydrogen-bond donors (Lipinski definition) is 1. The number of anilines is 1. The molecule has 0 aliphatic heterocycles. The zero-order valence-electron chi connectivity index (χ0n) is 19.8. The van der Waals surface area contributed by atoms with E-state index in [1.165, 1.54) is 11.0 Å². The van der Waals surface area contributed by atoms with E-state index in [9.17, 15) is 18.0 Å². The summed E-state index contributed by atoms with van der Waals surface area (Å²) in [6.45, 7) is 5.53. The molecule has 0 heterocycles. The van der Waals surface area contributed by atoms with Gasteiger partial charge in [-0.15, -0.1) is 0 Å². The molecule has 0 aliphatic rings. The quantitative estimate of drug-likeness (QED) is 0.438. The number of aryl methyl sites for hydroxylation is 1. The van der Waals surface area contributed by atoms with Crippen LogP contribution >= 0.6 is 23.2 Å². The molecule has 34 heavy (non-hydrogen) atoms. The van der Waals surface area contributed by atoms with Crippen LogP contribution in [0.15, 0.2) is 42.5 Å². The zero-order valence-corrected chi connectivity index (χ0v) is 22.2. The number of unbranched alkanes of at least 4 members (excludes halogenated alkanes) is 1. The largest absolute Gasteiger partial charge is 0.354 e. The van der Waals surface area contributed by atoms with Gasteiger partial charge in [-0.1, -0.05) is 54.7 Å². The first kappa shape index (κ1) is 28.0. The number of nitrogens with one attached hydrogen (secondary N) is 1. The molecule has 2 aromatic rings. The minimum absolute atomic E-state index is 0.116. The number of halogens is 2. The Kier molecular flexibility index (Phi) is 10.2. The van der Waals surface area contributed by atoms with Crippen LogP contribution in [0.5, 0.6) is 0 Å². The summed E-state index contributed by atoms with van der Waals surface area (Å²) >= 11 is 12.1. The second-order valence-electron chi connectivity index (χ2n) is 8.17. The van der Waals surface area contributed by atoms with Crippen LogP contribution in [-0.2, 0) is 26.2 Å². The van der Waals surface area contributed by atoms with Gasteiger partial charge in [-0.3, -0.25) is 13.9 Å². The lowest BCUT2D eigenvalue weighted by Crippen LogP contribution is -2.51. The van der Waals surface area contributed by atoms with E-state index in [0.29, 0.717) is 27.8 Å². The van der Waals surface area contributed by atoms with Crippen molar-refractivity contribution < 1.29 is 18.0 Å². The highest BCUT2D eigenvalue weighted by Gasteiger charge is 2.30. The lowest BCUT2D eigenvalue weighted by atomic mass is 10.1. The van der Waals surface area contributed by atoms with E-state index in [1.807, 2.05) is 6.92 Å².